The standard InChI is InChI=1S/C10H16ClN3S/c1-7-9(11)12-8(2)13-10(7)15-6-5-14(3)4/h5-6H2,1-4H3. The molecule has 84 valence electrons. The highest BCUT2D eigenvalue weighted by atomic mass is 35.5. The van der Waals surface area contributed by atoms with Gasteiger partial charge in [-0.3, -0.25) is 0 Å². The molecule has 0 fully saturated rings. The maximum atomic E-state index is 5.99. The van der Waals surface area contributed by atoms with Crippen molar-refractivity contribution in [1.29, 1.82) is 0 Å². The summed E-state index contributed by atoms with van der Waals surface area (Å²) in [6, 6.07) is 0. The number of hydrogen-bond acceptors (Lipinski definition) is 4. The Balaban J connectivity index is 2.68. The van der Waals surface area contributed by atoms with Crippen LogP contribution in [-0.4, -0.2) is 41.3 Å². The molecule has 0 aliphatic carbocycles. The molecule has 1 aromatic heterocycles. The predicted octanol–water partition coefficient (Wildman–Crippen LogP) is 2.40. The lowest BCUT2D eigenvalue weighted by molar-refractivity contribution is 0.437. The van der Waals surface area contributed by atoms with Crippen molar-refractivity contribution in [3.8, 4) is 0 Å². The van der Waals surface area contributed by atoms with Gasteiger partial charge in [-0.05, 0) is 27.9 Å². The lowest BCUT2D eigenvalue weighted by Gasteiger charge is -2.10. The summed E-state index contributed by atoms with van der Waals surface area (Å²) in [6.07, 6.45) is 0. The van der Waals surface area contributed by atoms with E-state index in [1.165, 1.54) is 0 Å². The van der Waals surface area contributed by atoms with Gasteiger partial charge in [0, 0.05) is 17.9 Å². The second-order valence-electron chi connectivity index (χ2n) is 3.64. The van der Waals surface area contributed by atoms with Gasteiger partial charge in [0.05, 0.1) is 0 Å². The van der Waals surface area contributed by atoms with Crippen molar-refractivity contribution in [3.05, 3.63) is 16.5 Å². The number of thioether (sulfide) groups is 1. The Morgan fingerprint density at radius 1 is 1.27 bits per heavy atom. The third-order valence-electron chi connectivity index (χ3n) is 1.93. The minimum absolute atomic E-state index is 0.565. The van der Waals surface area contributed by atoms with Gasteiger partial charge >= 0.3 is 0 Å². The maximum absolute atomic E-state index is 5.99. The molecule has 5 heteroatoms. The smallest absolute Gasteiger partial charge is 0.136 e. The van der Waals surface area contributed by atoms with Gasteiger partial charge in [0.15, 0.2) is 0 Å². The molecule has 0 saturated heterocycles. The van der Waals surface area contributed by atoms with E-state index in [9.17, 15) is 0 Å². The Hall–Kier alpha value is -0.320. The Morgan fingerprint density at radius 3 is 2.53 bits per heavy atom. The summed E-state index contributed by atoms with van der Waals surface area (Å²) in [6.45, 7) is 4.85. The first-order chi connectivity index (χ1) is 7.00. The summed E-state index contributed by atoms with van der Waals surface area (Å²) >= 11 is 7.71. The molecular formula is C10H16ClN3S. The molecule has 0 aromatic carbocycles. The van der Waals surface area contributed by atoms with Gasteiger partial charge in [0.2, 0.25) is 0 Å². The van der Waals surface area contributed by atoms with Crippen LogP contribution in [0, 0.1) is 13.8 Å². The van der Waals surface area contributed by atoms with Gasteiger partial charge in [-0.15, -0.1) is 11.8 Å². The number of nitrogens with zero attached hydrogens (tertiary/aromatic N) is 3. The van der Waals surface area contributed by atoms with Gasteiger partial charge in [-0.2, -0.15) is 0 Å². The van der Waals surface area contributed by atoms with E-state index in [0.717, 1.165) is 28.7 Å². The van der Waals surface area contributed by atoms with E-state index in [4.69, 9.17) is 11.6 Å². The Kier molecular flexibility index (Phi) is 4.83. The Labute approximate surface area is 100 Å². The van der Waals surface area contributed by atoms with Crippen LogP contribution in [0.25, 0.3) is 0 Å². The zero-order valence-electron chi connectivity index (χ0n) is 9.54. The van der Waals surface area contributed by atoms with Crippen molar-refractivity contribution >= 4 is 23.4 Å². The molecule has 0 saturated carbocycles. The predicted molar refractivity (Wildman–Crippen MR) is 65.8 cm³/mol. The molecule has 1 rings (SSSR count). The Morgan fingerprint density at radius 2 is 1.93 bits per heavy atom. The topological polar surface area (TPSA) is 29.0 Å². The van der Waals surface area contributed by atoms with E-state index in [1.54, 1.807) is 11.8 Å². The zero-order chi connectivity index (χ0) is 11.4. The van der Waals surface area contributed by atoms with Gasteiger partial charge in [-0.1, -0.05) is 11.6 Å². The summed E-state index contributed by atoms with van der Waals surface area (Å²) in [4.78, 5) is 10.6. The average molecular weight is 246 g/mol. The molecule has 0 bridgehead atoms. The van der Waals surface area contributed by atoms with E-state index in [0.29, 0.717) is 5.15 Å². The van der Waals surface area contributed by atoms with Crippen LogP contribution in [0.2, 0.25) is 5.15 Å². The fourth-order valence-corrected chi connectivity index (χ4v) is 2.46. The second kappa shape index (κ2) is 5.68. The van der Waals surface area contributed by atoms with E-state index >= 15 is 0 Å². The largest absolute Gasteiger partial charge is 0.309 e. The summed E-state index contributed by atoms with van der Waals surface area (Å²) in [5.74, 6) is 1.75. The average Bonchev–Trinajstić information content (AvgIpc) is 2.12. The van der Waals surface area contributed by atoms with E-state index in [2.05, 4.69) is 29.0 Å². The molecule has 3 nitrogen and oxygen atoms in total. The molecule has 1 heterocycles. The van der Waals surface area contributed by atoms with Crippen LogP contribution < -0.4 is 0 Å². The highest BCUT2D eigenvalue weighted by Gasteiger charge is 2.07. The number of aryl methyl sites for hydroxylation is 1. The van der Waals surface area contributed by atoms with Crippen molar-refractivity contribution in [2.75, 3.05) is 26.4 Å². The van der Waals surface area contributed by atoms with Gasteiger partial charge in [-0.25, -0.2) is 9.97 Å². The van der Waals surface area contributed by atoms with Crippen LogP contribution in [0.3, 0.4) is 0 Å². The first kappa shape index (κ1) is 12.7. The molecule has 0 aliphatic rings. The molecule has 0 N–H and O–H groups in total. The molecule has 1 aromatic rings. The zero-order valence-corrected chi connectivity index (χ0v) is 11.1. The molecule has 15 heavy (non-hydrogen) atoms. The van der Waals surface area contributed by atoms with Crippen LogP contribution in [0.5, 0.6) is 0 Å². The monoisotopic (exact) mass is 245 g/mol. The fraction of sp³-hybridized carbons (Fsp3) is 0.600. The third-order valence-corrected chi connectivity index (χ3v) is 3.36. The molecule has 0 amide bonds. The van der Waals surface area contributed by atoms with Crippen molar-refractivity contribution < 1.29 is 0 Å². The van der Waals surface area contributed by atoms with Gasteiger partial charge in [0.25, 0.3) is 0 Å². The van der Waals surface area contributed by atoms with Crippen molar-refractivity contribution in [1.82, 2.24) is 14.9 Å². The highest BCUT2D eigenvalue weighted by Crippen LogP contribution is 2.24. The normalized spacial score (nSPS) is 11.1. The quantitative estimate of drug-likeness (QED) is 0.602. The maximum Gasteiger partial charge on any atom is 0.136 e. The van der Waals surface area contributed by atoms with Crippen LogP contribution >= 0.6 is 23.4 Å². The lowest BCUT2D eigenvalue weighted by atomic mass is 10.4. The first-order valence-corrected chi connectivity index (χ1v) is 6.15. The Bertz CT molecular complexity index is 342. The lowest BCUT2D eigenvalue weighted by Crippen LogP contribution is -2.15. The van der Waals surface area contributed by atoms with Gasteiger partial charge in [0.1, 0.15) is 16.0 Å². The SMILES string of the molecule is Cc1nc(Cl)c(C)c(SCCN(C)C)n1. The summed E-state index contributed by atoms with van der Waals surface area (Å²) < 4.78 is 0. The van der Waals surface area contributed by atoms with Crippen LogP contribution in [0.4, 0.5) is 0 Å². The minimum Gasteiger partial charge on any atom is -0.309 e. The summed E-state index contributed by atoms with van der Waals surface area (Å²) in [5.41, 5.74) is 0.978. The highest BCUT2D eigenvalue weighted by molar-refractivity contribution is 7.99. The second-order valence-corrected chi connectivity index (χ2v) is 5.09. The van der Waals surface area contributed by atoms with Crippen molar-refractivity contribution in [2.45, 2.75) is 18.9 Å². The summed E-state index contributed by atoms with van der Waals surface area (Å²) in [7, 11) is 4.12. The number of hydrogen-bond donors (Lipinski definition) is 0. The first-order valence-electron chi connectivity index (χ1n) is 4.79. The van der Waals surface area contributed by atoms with Crippen LogP contribution in [0.15, 0.2) is 5.03 Å². The van der Waals surface area contributed by atoms with E-state index in [1.807, 2.05) is 13.8 Å². The summed E-state index contributed by atoms with van der Waals surface area (Å²) in [5, 5.41) is 1.56. The van der Waals surface area contributed by atoms with Crippen LogP contribution in [0.1, 0.15) is 11.4 Å². The molecule has 0 atom stereocenters. The van der Waals surface area contributed by atoms with Crippen LogP contribution in [-0.2, 0) is 0 Å². The number of rotatable bonds is 4. The molecule has 0 unspecified atom stereocenters. The fourth-order valence-electron chi connectivity index (χ4n) is 1.04. The molecule has 0 spiro atoms. The third kappa shape index (κ3) is 3.97. The molecule has 0 aliphatic heterocycles. The van der Waals surface area contributed by atoms with E-state index < -0.39 is 0 Å². The molecular weight excluding hydrogens is 230 g/mol. The van der Waals surface area contributed by atoms with Crippen molar-refractivity contribution in [2.24, 2.45) is 0 Å². The van der Waals surface area contributed by atoms with Crippen molar-refractivity contribution in [3.63, 3.8) is 0 Å². The number of aromatic nitrogens is 2. The van der Waals surface area contributed by atoms with Gasteiger partial charge < -0.3 is 4.90 Å². The molecule has 0 radical (unpaired) electrons. The minimum atomic E-state index is 0.565. The number of halogens is 1. The van der Waals surface area contributed by atoms with E-state index in [-0.39, 0.29) is 0 Å².